The van der Waals surface area contributed by atoms with Crippen LogP contribution in [0, 0.1) is 17.2 Å². The van der Waals surface area contributed by atoms with Gasteiger partial charge in [-0.1, -0.05) is 18.2 Å². The molecule has 4 heteroatoms. The third-order valence-electron chi connectivity index (χ3n) is 2.74. The fourth-order valence-electron chi connectivity index (χ4n) is 1.74. The van der Waals surface area contributed by atoms with Gasteiger partial charge in [0.25, 0.3) is 0 Å². The fraction of sp³-hybridized carbons (Fsp3) is 0.385. The lowest BCUT2D eigenvalue weighted by atomic mass is 10.1. The van der Waals surface area contributed by atoms with Crippen molar-refractivity contribution >= 4 is 17.7 Å². The monoisotopic (exact) mass is 246 g/mol. The number of rotatable bonds is 3. The highest BCUT2D eigenvalue weighted by atomic mass is 32.2. The van der Waals surface area contributed by atoms with E-state index in [0.29, 0.717) is 6.54 Å². The summed E-state index contributed by atoms with van der Waals surface area (Å²) in [6, 6.07) is 10.2. The third-order valence-corrected chi connectivity index (χ3v) is 4.06. The molecule has 17 heavy (non-hydrogen) atoms. The van der Waals surface area contributed by atoms with Crippen molar-refractivity contribution in [3.8, 4) is 6.07 Å². The van der Waals surface area contributed by atoms with Crippen molar-refractivity contribution < 1.29 is 4.79 Å². The highest BCUT2D eigenvalue weighted by molar-refractivity contribution is 8.01. The first kappa shape index (κ1) is 12.0. The Morgan fingerprint density at radius 1 is 1.65 bits per heavy atom. The molecule has 0 aliphatic carbocycles. The number of hydrogen-bond acceptors (Lipinski definition) is 3. The minimum atomic E-state index is -0.132. The van der Waals surface area contributed by atoms with Crippen LogP contribution in [0.25, 0.3) is 0 Å². The molecule has 1 aromatic rings. The molecule has 1 aliphatic rings. The Labute approximate surface area is 105 Å². The Kier molecular flexibility index (Phi) is 3.70. The molecular weight excluding hydrogens is 232 g/mol. The molecule has 88 valence electrons. The van der Waals surface area contributed by atoms with Gasteiger partial charge < -0.3 is 5.32 Å². The summed E-state index contributed by atoms with van der Waals surface area (Å²) in [5.41, 5.74) is 1.24. The quantitative estimate of drug-likeness (QED) is 0.887. The van der Waals surface area contributed by atoms with Crippen LogP contribution in [0.2, 0.25) is 0 Å². The normalized spacial score (nSPS) is 19.2. The number of carbonyl (C=O) groups excluding carboxylic acids is 1. The van der Waals surface area contributed by atoms with E-state index in [-0.39, 0.29) is 17.1 Å². The first-order valence-electron chi connectivity index (χ1n) is 5.62. The maximum atomic E-state index is 11.9. The van der Waals surface area contributed by atoms with Crippen LogP contribution in [0.4, 0.5) is 0 Å². The second-order valence-electron chi connectivity index (χ2n) is 4.19. The molecule has 2 unspecified atom stereocenters. The largest absolute Gasteiger partial charge is 0.354 e. The summed E-state index contributed by atoms with van der Waals surface area (Å²) in [5.74, 6) is -0.0963. The summed E-state index contributed by atoms with van der Waals surface area (Å²) in [7, 11) is 0. The van der Waals surface area contributed by atoms with Crippen molar-refractivity contribution in [1.29, 1.82) is 5.26 Å². The summed E-state index contributed by atoms with van der Waals surface area (Å²) < 4.78 is 0. The topological polar surface area (TPSA) is 52.9 Å². The van der Waals surface area contributed by atoms with E-state index in [1.165, 1.54) is 10.5 Å². The second kappa shape index (κ2) is 5.24. The molecule has 0 saturated carbocycles. The Balaban J connectivity index is 1.90. The van der Waals surface area contributed by atoms with Gasteiger partial charge in [0.15, 0.2) is 0 Å². The smallest absolute Gasteiger partial charge is 0.233 e. The minimum absolute atomic E-state index is 0.0355. The molecule has 0 aromatic heterocycles. The van der Waals surface area contributed by atoms with Gasteiger partial charge in [0.1, 0.15) is 0 Å². The first-order chi connectivity index (χ1) is 8.20. The van der Waals surface area contributed by atoms with Gasteiger partial charge >= 0.3 is 0 Å². The Hall–Kier alpha value is -1.47. The number of nitrogens with zero attached hydrogens (tertiary/aromatic N) is 1. The van der Waals surface area contributed by atoms with Crippen LogP contribution in [0.1, 0.15) is 12.5 Å². The molecule has 0 saturated heterocycles. The number of thioether (sulfide) groups is 1. The van der Waals surface area contributed by atoms with E-state index < -0.39 is 0 Å². The van der Waals surface area contributed by atoms with Crippen molar-refractivity contribution in [2.45, 2.75) is 23.5 Å². The van der Waals surface area contributed by atoms with Gasteiger partial charge in [-0.15, -0.1) is 11.8 Å². The van der Waals surface area contributed by atoms with Gasteiger partial charge in [-0.3, -0.25) is 4.79 Å². The van der Waals surface area contributed by atoms with E-state index >= 15 is 0 Å². The molecule has 3 nitrogen and oxygen atoms in total. The lowest BCUT2D eigenvalue weighted by Gasteiger charge is -2.10. The number of benzene rings is 1. The first-order valence-corrected chi connectivity index (χ1v) is 6.50. The van der Waals surface area contributed by atoms with E-state index in [9.17, 15) is 4.79 Å². The predicted molar refractivity (Wildman–Crippen MR) is 67.6 cm³/mol. The Morgan fingerprint density at radius 2 is 2.41 bits per heavy atom. The van der Waals surface area contributed by atoms with Gasteiger partial charge in [0.2, 0.25) is 5.91 Å². The van der Waals surface area contributed by atoms with E-state index in [2.05, 4.69) is 17.5 Å². The number of fused-ring (bicyclic) bond motifs is 1. The lowest BCUT2D eigenvalue weighted by molar-refractivity contribution is -0.120. The molecule has 1 aliphatic heterocycles. The molecule has 0 fully saturated rings. The Bertz CT molecular complexity index is 442. The predicted octanol–water partition coefficient (Wildman–Crippen LogP) is 1.98. The van der Waals surface area contributed by atoms with Crippen LogP contribution in [0.3, 0.4) is 0 Å². The highest BCUT2D eigenvalue weighted by Crippen LogP contribution is 2.36. The molecule has 1 N–H and O–H groups in total. The van der Waals surface area contributed by atoms with E-state index in [4.69, 9.17) is 5.26 Å². The second-order valence-corrected chi connectivity index (χ2v) is 5.44. The summed E-state index contributed by atoms with van der Waals surface area (Å²) in [6.45, 7) is 2.24. The van der Waals surface area contributed by atoms with Crippen LogP contribution < -0.4 is 5.32 Å². The van der Waals surface area contributed by atoms with Crippen LogP contribution in [-0.4, -0.2) is 17.7 Å². The molecule has 2 rings (SSSR count). The molecule has 0 bridgehead atoms. The maximum absolute atomic E-state index is 11.9. The molecule has 1 heterocycles. The zero-order valence-electron chi connectivity index (χ0n) is 9.64. The molecular formula is C13H14N2OS. The van der Waals surface area contributed by atoms with Crippen molar-refractivity contribution in [2.24, 2.45) is 5.92 Å². The number of hydrogen-bond donors (Lipinski definition) is 1. The molecule has 0 radical (unpaired) electrons. The van der Waals surface area contributed by atoms with Crippen molar-refractivity contribution in [3.05, 3.63) is 29.8 Å². The summed E-state index contributed by atoms with van der Waals surface area (Å²) in [5, 5.41) is 11.4. The van der Waals surface area contributed by atoms with Crippen molar-refractivity contribution in [3.63, 3.8) is 0 Å². The van der Waals surface area contributed by atoms with Crippen molar-refractivity contribution in [1.82, 2.24) is 5.32 Å². The third kappa shape index (κ3) is 2.80. The number of nitriles is 1. The molecule has 2 atom stereocenters. The van der Waals surface area contributed by atoms with E-state index in [1.54, 1.807) is 18.7 Å². The number of carbonyl (C=O) groups is 1. The van der Waals surface area contributed by atoms with E-state index in [0.717, 1.165) is 6.42 Å². The van der Waals surface area contributed by atoms with Crippen LogP contribution in [0.5, 0.6) is 0 Å². The SMILES string of the molecule is CC(C#N)CNC(=O)C1Cc2ccccc2S1. The molecule has 1 amide bonds. The van der Waals surface area contributed by atoms with Gasteiger partial charge in [0, 0.05) is 11.4 Å². The van der Waals surface area contributed by atoms with Gasteiger partial charge in [-0.25, -0.2) is 0 Å². The van der Waals surface area contributed by atoms with Crippen LogP contribution in [-0.2, 0) is 11.2 Å². The highest BCUT2D eigenvalue weighted by Gasteiger charge is 2.27. The number of nitrogens with one attached hydrogen (secondary N) is 1. The van der Waals surface area contributed by atoms with Gasteiger partial charge in [0.05, 0.1) is 17.2 Å². The number of amides is 1. The summed E-state index contributed by atoms with van der Waals surface area (Å²) >= 11 is 1.61. The summed E-state index contributed by atoms with van der Waals surface area (Å²) in [4.78, 5) is 13.1. The average molecular weight is 246 g/mol. The van der Waals surface area contributed by atoms with Crippen LogP contribution in [0.15, 0.2) is 29.2 Å². The van der Waals surface area contributed by atoms with Gasteiger partial charge in [-0.2, -0.15) is 5.26 Å². The summed E-state index contributed by atoms with van der Waals surface area (Å²) in [6.07, 6.45) is 0.785. The minimum Gasteiger partial charge on any atom is -0.354 e. The molecule has 1 aromatic carbocycles. The van der Waals surface area contributed by atoms with Gasteiger partial charge in [-0.05, 0) is 25.0 Å². The van der Waals surface area contributed by atoms with Crippen molar-refractivity contribution in [2.75, 3.05) is 6.54 Å². The zero-order chi connectivity index (χ0) is 12.3. The molecule has 0 spiro atoms. The Morgan fingerprint density at radius 3 is 3.12 bits per heavy atom. The maximum Gasteiger partial charge on any atom is 0.233 e. The standard InChI is InChI=1S/C13H14N2OS/c1-9(7-14)8-15-13(16)12-6-10-4-2-3-5-11(10)17-12/h2-5,9,12H,6,8H2,1H3,(H,15,16). The lowest BCUT2D eigenvalue weighted by Crippen LogP contribution is -2.35. The fourth-order valence-corrected chi connectivity index (χ4v) is 2.96. The van der Waals surface area contributed by atoms with E-state index in [1.807, 2.05) is 18.2 Å². The zero-order valence-corrected chi connectivity index (χ0v) is 10.5. The average Bonchev–Trinajstić information content (AvgIpc) is 2.79. The van der Waals surface area contributed by atoms with Crippen LogP contribution >= 0.6 is 11.8 Å².